The number of amides is 3. The average molecular weight is 216 g/mol. The number of nitrogens with zero attached hydrogens (tertiary/aromatic N) is 1. The molecule has 0 saturated carbocycles. The Morgan fingerprint density at radius 1 is 1.67 bits per heavy atom. The van der Waals surface area contributed by atoms with Gasteiger partial charge in [-0.25, -0.2) is 4.79 Å². The van der Waals surface area contributed by atoms with Gasteiger partial charge in [-0.3, -0.25) is 14.5 Å². The SMILES string of the molecule is CN1C(=O)CC(NC(=O)OCCO)C1=O. The first kappa shape index (κ1) is 11.4. The van der Waals surface area contributed by atoms with Crippen LogP contribution in [0.15, 0.2) is 0 Å². The fourth-order valence-corrected chi connectivity index (χ4v) is 1.19. The summed E-state index contributed by atoms with van der Waals surface area (Å²) in [6.07, 6.45) is -0.866. The van der Waals surface area contributed by atoms with Gasteiger partial charge in [0.1, 0.15) is 12.6 Å². The third-order valence-corrected chi connectivity index (χ3v) is 2.00. The monoisotopic (exact) mass is 216 g/mol. The molecule has 84 valence electrons. The minimum absolute atomic E-state index is 0.0520. The Bertz CT molecular complexity index is 291. The van der Waals surface area contributed by atoms with Crippen molar-refractivity contribution in [2.45, 2.75) is 12.5 Å². The molecule has 1 atom stereocenters. The highest BCUT2D eigenvalue weighted by atomic mass is 16.6. The van der Waals surface area contributed by atoms with E-state index in [4.69, 9.17) is 5.11 Å². The van der Waals surface area contributed by atoms with Crippen LogP contribution in [0.3, 0.4) is 0 Å². The van der Waals surface area contributed by atoms with Crippen LogP contribution < -0.4 is 5.32 Å². The summed E-state index contributed by atoms with van der Waals surface area (Å²) in [4.78, 5) is 34.3. The molecule has 1 heterocycles. The number of likely N-dealkylation sites (N-methyl/N-ethyl adjacent to an activating group) is 1. The van der Waals surface area contributed by atoms with Gasteiger partial charge in [0.25, 0.3) is 5.91 Å². The zero-order chi connectivity index (χ0) is 11.4. The lowest BCUT2D eigenvalue weighted by molar-refractivity contribution is -0.137. The number of likely N-dealkylation sites (tertiary alicyclic amines) is 1. The van der Waals surface area contributed by atoms with Gasteiger partial charge < -0.3 is 15.2 Å². The van der Waals surface area contributed by atoms with Crippen LogP contribution in [-0.4, -0.2) is 54.2 Å². The minimum Gasteiger partial charge on any atom is -0.447 e. The Morgan fingerprint density at radius 3 is 2.80 bits per heavy atom. The van der Waals surface area contributed by atoms with Crippen LogP contribution in [0.25, 0.3) is 0 Å². The molecule has 0 aliphatic carbocycles. The van der Waals surface area contributed by atoms with Crippen LogP contribution in [0.5, 0.6) is 0 Å². The normalized spacial score (nSPS) is 20.7. The number of hydrogen-bond acceptors (Lipinski definition) is 5. The highest BCUT2D eigenvalue weighted by molar-refractivity contribution is 6.06. The van der Waals surface area contributed by atoms with Crippen molar-refractivity contribution >= 4 is 17.9 Å². The summed E-state index contributed by atoms with van der Waals surface area (Å²) in [6.45, 7) is -0.429. The molecule has 1 rings (SSSR count). The number of carbonyl (C=O) groups is 3. The molecule has 0 bridgehead atoms. The number of aliphatic hydroxyl groups excluding tert-OH is 1. The maximum absolute atomic E-state index is 11.3. The Labute approximate surface area is 86.0 Å². The predicted octanol–water partition coefficient (Wildman–Crippen LogP) is -1.54. The van der Waals surface area contributed by atoms with Crippen LogP contribution in [-0.2, 0) is 14.3 Å². The standard InChI is InChI=1S/C8H12N2O5/c1-10-6(12)4-5(7(10)13)9-8(14)15-3-2-11/h5,11H,2-4H2,1H3,(H,9,14). The number of nitrogens with one attached hydrogen (secondary N) is 1. The Balaban J connectivity index is 2.43. The maximum Gasteiger partial charge on any atom is 0.407 e. The molecule has 2 N–H and O–H groups in total. The fraction of sp³-hybridized carbons (Fsp3) is 0.625. The van der Waals surface area contributed by atoms with E-state index < -0.39 is 18.0 Å². The van der Waals surface area contributed by atoms with E-state index in [9.17, 15) is 14.4 Å². The zero-order valence-corrected chi connectivity index (χ0v) is 8.23. The summed E-state index contributed by atoms with van der Waals surface area (Å²) in [5.41, 5.74) is 0. The maximum atomic E-state index is 11.3. The molecule has 0 radical (unpaired) electrons. The first-order chi connectivity index (χ1) is 7.06. The quantitative estimate of drug-likeness (QED) is 0.557. The van der Waals surface area contributed by atoms with Crippen LogP contribution in [0, 0.1) is 0 Å². The third-order valence-electron chi connectivity index (χ3n) is 2.00. The minimum atomic E-state index is -0.853. The Kier molecular flexibility index (Phi) is 3.62. The van der Waals surface area contributed by atoms with E-state index in [0.29, 0.717) is 0 Å². The average Bonchev–Trinajstić information content (AvgIpc) is 2.43. The van der Waals surface area contributed by atoms with E-state index in [1.807, 2.05) is 0 Å². The molecular formula is C8H12N2O5. The number of aliphatic hydroxyl groups is 1. The molecule has 0 aromatic heterocycles. The highest BCUT2D eigenvalue weighted by Gasteiger charge is 2.37. The van der Waals surface area contributed by atoms with Crippen molar-refractivity contribution in [3.05, 3.63) is 0 Å². The number of ether oxygens (including phenoxy) is 1. The summed E-state index contributed by atoms with van der Waals surface area (Å²) in [5, 5.41) is 10.6. The number of imide groups is 1. The fourth-order valence-electron chi connectivity index (χ4n) is 1.19. The summed E-state index contributed by atoms with van der Waals surface area (Å²) >= 11 is 0. The molecular weight excluding hydrogens is 204 g/mol. The second-order valence-corrected chi connectivity index (χ2v) is 3.05. The second kappa shape index (κ2) is 4.74. The predicted molar refractivity (Wildman–Crippen MR) is 47.8 cm³/mol. The van der Waals surface area contributed by atoms with Crippen LogP contribution in [0.4, 0.5) is 4.79 Å². The van der Waals surface area contributed by atoms with Crippen molar-refractivity contribution in [2.75, 3.05) is 20.3 Å². The lowest BCUT2D eigenvalue weighted by Gasteiger charge is -2.10. The lowest BCUT2D eigenvalue weighted by Crippen LogP contribution is -2.41. The molecule has 1 aliphatic heterocycles. The summed E-state index contributed by atoms with van der Waals surface area (Å²) < 4.78 is 4.49. The molecule has 7 heteroatoms. The number of rotatable bonds is 3. The largest absolute Gasteiger partial charge is 0.447 e. The van der Waals surface area contributed by atoms with Crippen molar-refractivity contribution in [3.63, 3.8) is 0 Å². The molecule has 0 aromatic carbocycles. The first-order valence-electron chi connectivity index (χ1n) is 4.40. The van der Waals surface area contributed by atoms with E-state index in [1.165, 1.54) is 7.05 Å². The molecule has 15 heavy (non-hydrogen) atoms. The highest BCUT2D eigenvalue weighted by Crippen LogP contribution is 2.10. The van der Waals surface area contributed by atoms with Gasteiger partial charge >= 0.3 is 6.09 Å². The van der Waals surface area contributed by atoms with E-state index in [1.54, 1.807) is 0 Å². The van der Waals surface area contributed by atoms with E-state index >= 15 is 0 Å². The summed E-state index contributed by atoms with van der Waals surface area (Å²) in [7, 11) is 1.35. The van der Waals surface area contributed by atoms with Crippen LogP contribution in [0.2, 0.25) is 0 Å². The second-order valence-electron chi connectivity index (χ2n) is 3.05. The van der Waals surface area contributed by atoms with Crippen molar-refractivity contribution in [2.24, 2.45) is 0 Å². The van der Waals surface area contributed by atoms with Gasteiger partial charge in [0.15, 0.2) is 0 Å². The van der Waals surface area contributed by atoms with Crippen molar-refractivity contribution in [3.8, 4) is 0 Å². The van der Waals surface area contributed by atoms with Crippen molar-refractivity contribution < 1.29 is 24.2 Å². The number of alkyl carbamates (subject to hydrolysis) is 1. The molecule has 3 amide bonds. The molecule has 0 spiro atoms. The summed E-state index contributed by atoms with van der Waals surface area (Å²) in [5.74, 6) is -0.798. The van der Waals surface area contributed by atoms with Gasteiger partial charge in [0.2, 0.25) is 5.91 Å². The molecule has 1 unspecified atom stereocenters. The third kappa shape index (κ3) is 2.66. The summed E-state index contributed by atoms with van der Waals surface area (Å²) in [6, 6.07) is -0.853. The molecule has 7 nitrogen and oxygen atoms in total. The van der Waals surface area contributed by atoms with Gasteiger partial charge in [-0.15, -0.1) is 0 Å². The van der Waals surface area contributed by atoms with E-state index in [0.717, 1.165) is 4.90 Å². The first-order valence-corrected chi connectivity index (χ1v) is 4.40. The van der Waals surface area contributed by atoms with Gasteiger partial charge in [-0.2, -0.15) is 0 Å². The topological polar surface area (TPSA) is 95.9 Å². The smallest absolute Gasteiger partial charge is 0.407 e. The Hall–Kier alpha value is -1.63. The molecule has 1 fully saturated rings. The van der Waals surface area contributed by atoms with Crippen molar-refractivity contribution in [1.29, 1.82) is 0 Å². The molecule has 1 aliphatic rings. The van der Waals surface area contributed by atoms with Gasteiger partial charge in [-0.05, 0) is 0 Å². The molecule has 1 saturated heterocycles. The van der Waals surface area contributed by atoms with E-state index in [-0.39, 0.29) is 25.5 Å². The van der Waals surface area contributed by atoms with Gasteiger partial charge in [0.05, 0.1) is 13.0 Å². The number of carbonyl (C=O) groups excluding carboxylic acids is 3. The van der Waals surface area contributed by atoms with Crippen LogP contribution >= 0.6 is 0 Å². The Morgan fingerprint density at radius 2 is 2.33 bits per heavy atom. The van der Waals surface area contributed by atoms with Crippen LogP contribution in [0.1, 0.15) is 6.42 Å². The molecule has 0 aromatic rings. The zero-order valence-electron chi connectivity index (χ0n) is 8.23. The van der Waals surface area contributed by atoms with Gasteiger partial charge in [0, 0.05) is 7.05 Å². The number of hydrogen-bond donors (Lipinski definition) is 2. The van der Waals surface area contributed by atoms with Crippen molar-refractivity contribution in [1.82, 2.24) is 10.2 Å². The van der Waals surface area contributed by atoms with Gasteiger partial charge in [-0.1, -0.05) is 0 Å². The van der Waals surface area contributed by atoms with E-state index in [2.05, 4.69) is 10.1 Å². The lowest BCUT2D eigenvalue weighted by atomic mass is 10.2.